The molecule has 1 rings (SSSR count). The summed E-state index contributed by atoms with van der Waals surface area (Å²) in [6.07, 6.45) is 4.02. The van der Waals surface area contributed by atoms with Crippen LogP contribution < -0.4 is 0 Å². The number of likely N-dealkylation sites (tertiary alicyclic amines) is 1. The van der Waals surface area contributed by atoms with Crippen molar-refractivity contribution in [2.75, 3.05) is 6.54 Å². The van der Waals surface area contributed by atoms with E-state index in [0.717, 1.165) is 6.04 Å². The van der Waals surface area contributed by atoms with Crippen LogP contribution >= 0.6 is 0 Å². The normalized spacial score (nSPS) is 24.2. The summed E-state index contributed by atoms with van der Waals surface area (Å²) in [4.78, 5) is 2.41. The van der Waals surface area contributed by atoms with Gasteiger partial charge in [-0.15, -0.1) is 0 Å². The molecule has 0 aromatic carbocycles. The van der Waals surface area contributed by atoms with Gasteiger partial charge in [0, 0.05) is 18.3 Å². The molecule has 1 heteroatoms. The van der Waals surface area contributed by atoms with Gasteiger partial charge in [-0.25, -0.2) is 0 Å². The van der Waals surface area contributed by atoms with Crippen molar-refractivity contribution in [1.82, 2.24) is 4.90 Å². The lowest BCUT2D eigenvalue weighted by Crippen LogP contribution is -2.45. The highest BCUT2D eigenvalue weighted by atomic mass is 15.2. The number of hydrogen-bond acceptors (Lipinski definition) is 1. The van der Waals surface area contributed by atoms with E-state index < -0.39 is 0 Å². The second kappa shape index (κ2) is 3.09. The summed E-state index contributed by atoms with van der Waals surface area (Å²) in [5.74, 6) is 0. The van der Waals surface area contributed by atoms with Crippen molar-refractivity contribution < 1.29 is 0 Å². The number of nitrogens with zero attached hydrogens (tertiary/aromatic N) is 1. The first-order valence-corrected chi connectivity index (χ1v) is 4.18. The Hall–Kier alpha value is -0.460. The highest BCUT2D eigenvalue weighted by molar-refractivity contribution is 4.98. The Morgan fingerprint density at radius 1 is 1.70 bits per heavy atom. The first kappa shape index (κ1) is 7.64. The van der Waals surface area contributed by atoms with Gasteiger partial charge in [-0.3, -0.25) is 0 Å². The highest BCUT2D eigenvalue weighted by Crippen LogP contribution is 2.24. The molecule has 1 aliphatic rings. The molecule has 0 amide bonds. The van der Waals surface area contributed by atoms with Gasteiger partial charge in [0.1, 0.15) is 0 Å². The SMILES string of the molecule is C=C(C)N1CCC1CCC. The Morgan fingerprint density at radius 3 is 2.70 bits per heavy atom. The number of rotatable bonds is 3. The van der Waals surface area contributed by atoms with Crippen molar-refractivity contribution in [3.63, 3.8) is 0 Å². The first-order chi connectivity index (χ1) is 4.75. The Bertz CT molecular complexity index is 129. The zero-order valence-corrected chi connectivity index (χ0v) is 7.06. The molecular weight excluding hydrogens is 122 g/mol. The van der Waals surface area contributed by atoms with E-state index in [4.69, 9.17) is 0 Å². The number of hydrogen-bond donors (Lipinski definition) is 0. The summed E-state index contributed by atoms with van der Waals surface area (Å²) in [7, 11) is 0. The van der Waals surface area contributed by atoms with Crippen LogP contribution in [0.3, 0.4) is 0 Å². The van der Waals surface area contributed by atoms with Crippen molar-refractivity contribution in [2.45, 2.75) is 39.2 Å². The second-order valence-electron chi connectivity index (χ2n) is 3.16. The van der Waals surface area contributed by atoms with Crippen LogP contribution in [0.25, 0.3) is 0 Å². The summed E-state index contributed by atoms with van der Waals surface area (Å²) >= 11 is 0. The number of allylic oxidation sites excluding steroid dienone is 1. The van der Waals surface area contributed by atoms with E-state index in [9.17, 15) is 0 Å². The van der Waals surface area contributed by atoms with Gasteiger partial charge in [0.15, 0.2) is 0 Å². The molecule has 1 heterocycles. The van der Waals surface area contributed by atoms with Gasteiger partial charge in [-0.1, -0.05) is 19.9 Å². The minimum atomic E-state index is 0.822. The molecule has 1 aliphatic heterocycles. The Labute approximate surface area is 63.7 Å². The Morgan fingerprint density at radius 2 is 2.40 bits per heavy atom. The monoisotopic (exact) mass is 139 g/mol. The van der Waals surface area contributed by atoms with Crippen LogP contribution in [0.5, 0.6) is 0 Å². The van der Waals surface area contributed by atoms with E-state index >= 15 is 0 Å². The average molecular weight is 139 g/mol. The smallest absolute Gasteiger partial charge is 0.0303 e. The highest BCUT2D eigenvalue weighted by Gasteiger charge is 2.25. The fraction of sp³-hybridized carbons (Fsp3) is 0.778. The van der Waals surface area contributed by atoms with Gasteiger partial charge < -0.3 is 4.90 Å². The molecule has 0 aliphatic carbocycles. The molecule has 0 spiro atoms. The maximum Gasteiger partial charge on any atom is 0.0303 e. The molecule has 0 aromatic rings. The standard InChI is InChI=1S/C9H17N/c1-4-5-9-6-7-10(9)8(2)3/h9H,2,4-7H2,1,3H3. The molecule has 0 N–H and O–H groups in total. The van der Waals surface area contributed by atoms with E-state index in [1.54, 1.807) is 0 Å². The van der Waals surface area contributed by atoms with Gasteiger partial charge in [0.25, 0.3) is 0 Å². The molecular formula is C9H17N. The quantitative estimate of drug-likeness (QED) is 0.580. The molecule has 1 nitrogen and oxygen atoms in total. The summed E-state index contributed by atoms with van der Waals surface area (Å²) in [6, 6.07) is 0.822. The van der Waals surface area contributed by atoms with Crippen LogP contribution in [0.4, 0.5) is 0 Å². The molecule has 1 unspecified atom stereocenters. The maximum absolute atomic E-state index is 3.94. The van der Waals surface area contributed by atoms with Gasteiger partial charge in [0.05, 0.1) is 0 Å². The van der Waals surface area contributed by atoms with Gasteiger partial charge in [-0.2, -0.15) is 0 Å². The summed E-state index contributed by atoms with van der Waals surface area (Å²) in [5.41, 5.74) is 1.24. The third-order valence-electron chi connectivity index (χ3n) is 2.26. The minimum Gasteiger partial charge on any atom is -0.372 e. The van der Waals surface area contributed by atoms with Gasteiger partial charge in [0.2, 0.25) is 0 Å². The molecule has 1 saturated heterocycles. The van der Waals surface area contributed by atoms with Crippen molar-refractivity contribution in [3.05, 3.63) is 12.3 Å². The lowest BCUT2D eigenvalue weighted by atomic mass is 9.98. The summed E-state index contributed by atoms with van der Waals surface area (Å²) in [5, 5.41) is 0. The first-order valence-electron chi connectivity index (χ1n) is 4.18. The van der Waals surface area contributed by atoms with Crippen molar-refractivity contribution >= 4 is 0 Å². The summed E-state index contributed by atoms with van der Waals surface area (Å²) < 4.78 is 0. The molecule has 0 bridgehead atoms. The lowest BCUT2D eigenvalue weighted by Gasteiger charge is -2.43. The van der Waals surface area contributed by atoms with Gasteiger partial charge >= 0.3 is 0 Å². The Balaban J connectivity index is 2.28. The van der Waals surface area contributed by atoms with E-state index in [-0.39, 0.29) is 0 Å². The molecule has 0 radical (unpaired) electrons. The van der Waals surface area contributed by atoms with Crippen LogP contribution in [0, 0.1) is 0 Å². The van der Waals surface area contributed by atoms with Crippen LogP contribution in [-0.4, -0.2) is 17.5 Å². The zero-order valence-electron chi connectivity index (χ0n) is 7.06. The molecule has 0 saturated carbocycles. The molecule has 0 aromatic heterocycles. The predicted octanol–water partition coefficient (Wildman–Crippen LogP) is 2.39. The Kier molecular flexibility index (Phi) is 2.36. The molecule has 1 atom stereocenters. The van der Waals surface area contributed by atoms with E-state index in [1.165, 1.54) is 31.5 Å². The maximum atomic E-state index is 3.94. The van der Waals surface area contributed by atoms with E-state index in [1.807, 2.05) is 0 Å². The third kappa shape index (κ3) is 1.34. The van der Waals surface area contributed by atoms with E-state index in [0.29, 0.717) is 0 Å². The van der Waals surface area contributed by atoms with Gasteiger partial charge in [-0.05, 0) is 19.8 Å². The van der Waals surface area contributed by atoms with Crippen LogP contribution in [0.15, 0.2) is 12.3 Å². The second-order valence-corrected chi connectivity index (χ2v) is 3.16. The molecule has 10 heavy (non-hydrogen) atoms. The topological polar surface area (TPSA) is 3.24 Å². The molecule has 58 valence electrons. The van der Waals surface area contributed by atoms with Crippen molar-refractivity contribution in [3.8, 4) is 0 Å². The van der Waals surface area contributed by atoms with Crippen molar-refractivity contribution in [1.29, 1.82) is 0 Å². The van der Waals surface area contributed by atoms with Crippen molar-refractivity contribution in [2.24, 2.45) is 0 Å². The minimum absolute atomic E-state index is 0.822. The fourth-order valence-corrected chi connectivity index (χ4v) is 1.58. The molecule has 1 fully saturated rings. The predicted molar refractivity (Wildman–Crippen MR) is 44.8 cm³/mol. The zero-order chi connectivity index (χ0) is 7.56. The van der Waals surface area contributed by atoms with Crippen LogP contribution in [0.1, 0.15) is 33.1 Å². The average Bonchev–Trinajstić information content (AvgIpc) is 1.78. The van der Waals surface area contributed by atoms with Crippen LogP contribution in [-0.2, 0) is 0 Å². The largest absolute Gasteiger partial charge is 0.372 e. The van der Waals surface area contributed by atoms with Crippen LogP contribution in [0.2, 0.25) is 0 Å². The lowest BCUT2D eigenvalue weighted by molar-refractivity contribution is 0.128. The summed E-state index contributed by atoms with van der Waals surface area (Å²) in [6.45, 7) is 9.52. The fourth-order valence-electron chi connectivity index (χ4n) is 1.58. The third-order valence-corrected chi connectivity index (χ3v) is 2.26. The van der Waals surface area contributed by atoms with E-state index in [2.05, 4.69) is 25.3 Å².